The van der Waals surface area contributed by atoms with Crippen molar-refractivity contribution in [2.24, 2.45) is 5.92 Å². The van der Waals surface area contributed by atoms with Crippen molar-refractivity contribution in [3.63, 3.8) is 0 Å². The third kappa shape index (κ3) is 3.40. The van der Waals surface area contributed by atoms with Crippen molar-refractivity contribution >= 4 is 34.8 Å². The summed E-state index contributed by atoms with van der Waals surface area (Å²) >= 11 is 1.41. The summed E-state index contributed by atoms with van der Waals surface area (Å²) in [4.78, 5) is 11.8. The van der Waals surface area contributed by atoms with Crippen LogP contribution in [0.5, 0.6) is 0 Å². The van der Waals surface area contributed by atoms with Gasteiger partial charge in [0.2, 0.25) is 11.0 Å². The zero-order chi connectivity index (χ0) is 10.7. The molecule has 1 aliphatic heterocycles. The summed E-state index contributed by atoms with van der Waals surface area (Å²) < 4.78 is 0. The number of anilines is 1. The third-order valence-corrected chi connectivity index (χ3v) is 3.18. The summed E-state index contributed by atoms with van der Waals surface area (Å²) in [6.45, 7) is 3.65. The Hall–Kier alpha value is -0.720. The van der Waals surface area contributed by atoms with Crippen LogP contribution in [0.3, 0.4) is 0 Å². The van der Waals surface area contributed by atoms with Crippen molar-refractivity contribution in [2.75, 3.05) is 18.4 Å². The average Bonchev–Trinajstić information content (AvgIpc) is 2.65. The smallest absolute Gasteiger partial charge is 0.230 e. The Morgan fingerprint density at radius 1 is 1.56 bits per heavy atom. The minimum absolute atomic E-state index is 0. The van der Waals surface area contributed by atoms with E-state index in [2.05, 4.69) is 20.8 Å². The summed E-state index contributed by atoms with van der Waals surface area (Å²) in [6.07, 6.45) is 2.02. The maximum atomic E-state index is 11.8. The van der Waals surface area contributed by atoms with Gasteiger partial charge >= 0.3 is 0 Å². The fourth-order valence-electron chi connectivity index (χ4n) is 1.63. The van der Waals surface area contributed by atoms with E-state index in [9.17, 15) is 4.79 Å². The number of halogens is 1. The van der Waals surface area contributed by atoms with Crippen molar-refractivity contribution in [3.8, 4) is 0 Å². The Morgan fingerprint density at radius 3 is 2.94 bits per heavy atom. The van der Waals surface area contributed by atoms with Gasteiger partial charge in [0, 0.05) is 6.54 Å². The van der Waals surface area contributed by atoms with Crippen LogP contribution in [0.1, 0.15) is 17.8 Å². The summed E-state index contributed by atoms with van der Waals surface area (Å²) in [5, 5.41) is 15.2. The number of aromatic nitrogens is 2. The standard InChI is InChI=1S/C9H14N4OS.ClH/c1-6-12-13-9(15-6)11-8(14)7-3-2-4-10-5-7;/h7,10H,2-5H2,1H3,(H,11,13,14);1H. The molecule has 1 amide bonds. The molecule has 1 atom stereocenters. The third-order valence-electron chi connectivity index (χ3n) is 2.42. The highest BCUT2D eigenvalue weighted by Crippen LogP contribution is 2.17. The Morgan fingerprint density at radius 2 is 2.38 bits per heavy atom. The molecule has 2 N–H and O–H groups in total. The molecule has 7 heteroatoms. The van der Waals surface area contributed by atoms with Crippen LogP contribution in [-0.2, 0) is 4.79 Å². The number of rotatable bonds is 2. The second kappa shape index (κ2) is 6.12. The van der Waals surface area contributed by atoms with E-state index < -0.39 is 0 Å². The molecule has 16 heavy (non-hydrogen) atoms. The van der Waals surface area contributed by atoms with Gasteiger partial charge < -0.3 is 10.6 Å². The Bertz CT molecular complexity index is 351. The molecule has 5 nitrogen and oxygen atoms in total. The van der Waals surface area contributed by atoms with E-state index in [1.807, 2.05) is 6.92 Å². The highest BCUT2D eigenvalue weighted by molar-refractivity contribution is 7.15. The number of aryl methyl sites for hydroxylation is 1. The molecule has 0 bridgehead atoms. The van der Waals surface area contributed by atoms with Crippen LogP contribution in [0.15, 0.2) is 0 Å². The van der Waals surface area contributed by atoms with Crippen LogP contribution < -0.4 is 10.6 Å². The average molecular weight is 263 g/mol. The van der Waals surface area contributed by atoms with Gasteiger partial charge in [-0.2, -0.15) is 0 Å². The van der Waals surface area contributed by atoms with Crippen LogP contribution >= 0.6 is 23.7 Å². The monoisotopic (exact) mass is 262 g/mol. The van der Waals surface area contributed by atoms with Crippen LogP contribution in [0.25, 0.3) is 0 Å². The molecule has 2 heterocycles. The van der Waals surface area contributed by atoms with Gasteiger partial charge in [-0.05, 0) is 26.3 Å². The van der Waals surface area contributed by atoms with Crippen molar-refractivity contribution in [2.45, 2.75) is 19.8 Å². The molecule has 1 aromatic heterocycles. The zero-order valence-corrected chi connectivity index (χ0v) is 10.7. The summed E-state index contributed by atoms with van der Waals surface area (Å²) in [5.41, 5.74) is 0. The number of amides is 1. The van der Waals surface area contributed by atoms with Gasteiger partial charge in [0.25, 0.3) is 0 Å². The lowest BCUT2D eigenvalue weighted by molar-refractivity contribution is -0.120. The van der Waals surface area contributed by atoms with E-state index in [0.29, 0.717) is 5.13 Å². The molecule has 0 aromatic carbocycles. The van der Waals surface area contributed by atoms with Gasteiger partial charge in [0.15, 0.2) is 0 Å². The lowest BCUT2D eigenvalue weighted by atomic mass is 9.99. The van der Waals surface area contributed by atoms with Crippen LogP contribution in [0.2, 0.25) is 0 Å². The molecule has 0 radical (unpaired) electrons. The van der Waals surface area contributed by atoms with Gasteiger partial charge in [-0.15, -0.1) is 22.6 Å². The minimum Gasteiger partial charge on any atom is -0.316 e. The maximum Gasteiger partial charge on any atom is 0.230 e. The van der Waals surface area contributed by atoms with Crippen LogP contribution in [0.4, 0.5) is 5.13 Å². The molecule has 1 unspecified atom stereocenters. The summed E-state index contributed by atoms with van der Waals surface area (Å²) in [5.74, 6) is 0.126. The number of carbonyl (C=O) groups excluding carboxylic acids is 1. The highest BCUT2D eigenvalue weighted by Gasteiger charge is 2.21. The minimum atomic E-state index is 0. The van der Waals surface area contributed by atoms with E-state index in [1.54, 1.807) is 0 Å². The Labute approximate surface area is 104 Å². The number of nitrogens with zero attached hydrogens (tertiary/aromatic N) is 2. The number of carbonyl (C=O) groups is 1. The molecule has 2 rings (SSSR count). The first-order valence-electron chi connectivity index (χ1n) is 5.07. The van der Waals surface area contributed by atoms with Gasteiger partial charge in [-0.1, -0.05) is 11.3 Å². The van der Waals surface area contributed by atoms with Crippen molar-refractivity contribution in [1.29, 1.82) is 0 Å². The van der Waals surface area contributed by atoms with Crippen molar-refractivity contribution < 1.29 is 4.79 Å². The second-order valence-corrected chi connectivity index (χ2v) is 4.84. The number of hydrogen-bond donors (Lipinski definition) is 2. The largest absolute Gasteiger partial charge is 0.316 e. The molecule has 1 aliphatic rings. The van der Waals surface area contributed by atoms with Crippen molar-refractivity contribution in [3.05, 3.63) is 5.01 Å². The first-order valence-corrected chi connectivity index (χ1v) is 5.89. The van der Waals surface area contributed by atoms with E-state index in [1.165, 1.54) is 11.3 Å². The normalized spacial score (nSPS) is 19.9. The quantitative estimate of drug-likeness (QED) is 0.841. The fourth-order valence-corrected chi connectivity index (χ4v) is 2.22. The first-order chi connectivity index (χ1) is 7.25. The van der Waals surface area contributed by atoms with E-state index >= 15 is 0 Å². The van der Waals surface area contributed by atoms with Gasteiger partial charge in [-0.25, -0.2) is 0 Å². The molecule has 0 saturated carbocycles. The molecule has 0 aliphatic carbocycles. The van der Waals surface area contributed by atoms with Gasteiger partial charge in [0.05, 0.1) is 5.92 Å². The molecule has 0 spiro atoms. The second-order valence-electron chi connectivity index (χ2n) is 3.66. The van der Waals surface area contributed by atoms with Gasteiger partial charge in [-0.3, -0.25) is 4.79 Å². The summed E-state index contributed by atoms with van der Waals surface area (Å²) in [7, 11) is 0. The number of hydrogen-bond acceptors (Lipinski definition) is 5. The van der Waals surface area contributed by atoms with E-state index in [4.69, 9.17) is 0 Å². The predicted octanol–water partition coefficient (Wildman–Crippen LogP) is 1.21. The van der Waals surface area contributed by atoms with Gasteiger partial charge in [0.1, 0.15) is 5.01 Å². The summed E-state index contributed by atoms with van der Waals surface area (Å²) in [6, 6.07) is 0. The van der Waals surface area contributed by atoms with Crippen molar-refractivity contribution in [1.82, 2.24) is 15.5 Å². The lowest BCUT2D eigenvalue weighted by Gasteiger charge is -2.20. The fraction of sp³-hybridized carbons (Fsp3) is 0.667. The van der Waals surface area contributed by atoms with E-state index in [0.717, 1.165) is 30.9 Å². The topological polar surface area (TPSA) is 66.9 Å². The van der Waals surface area contributed by atoms with Crippen LogP contribution in [0, 0.1) is 12.8 Å². The SMILES string of the molecule is Cc1nnc(NC(=O)C2CCCNC2)s1.Cl. The Kier molecular flexibility index (Phi) is 5.11. The molecule has 1 saturated heterocycles. The van der Waals surface area contributed by atoms with Crippen LogP contribution in [-0.4, -0.2) is 29.2 Å². The highest BCUT2D eigenvalue weighted by atomic mass is 35.5. The van der Waals surface area contributed by atoms with E-state index in [-0.39, 0.29) is 24.2 Å². The predicted molar refractivity (Wildman–Crippen MR) is 66.1 cm³/mol. The first kappa shape index (κ1) is 13.3. The number of piperidine rings is 1. The number of nitrogens with one attached hydrogen (secondary N) is 2. The molecule has 1 aromatic rings. The zero-order valence-electron chi connectivity index (χ0n) is 9.02. The maximum absolute atomic E-state index is 11.8. The molecular weight excluding hydrogens is 248 g/mol. The Balaban J connectivity index is 0.00000128. The molecular formula is C9H15ClN4OS. The molecule has 90 valence electrons. The lowest BCUT2D eigenvalue weighted by Crippen LogP contribution is -2.37. The molecule has 1 fully saturated rings.